The van der Waals surface area contributed by atoms with Crippen molar-refractivity contribution in [3.8, 4) is 0 Å². The second-order valence-electron chi connectivity index (χ2n) is 1.52. The van der Waals surface area contributed by atoms with Crippen molar-refractivity contribution in [3.63, 3.8) is 0 Å². The first-order valence-corrected chi connectivity index (χ1v) is 6.26. The van der Waals surface area contributed by atoms with E-state index in [9.17, 15) is 4.79 Å². The quantitative estimate of drug-likeness (QED) is 0.440. The molecule has 0 atom stereocenters. The van der Waals surface area contributed by atoms with Crippen molar-refractivity contribution in [1.82, 2.24) is 0 Å². The lowest BCUT2D eigenvalue weighted by molar-refractivity contribution is -0.112. The van der Waals surface area contributed by atoms with Crippen molar-refractivity contribution in [2.45, 2.75) is 0 Å². The third-order valence-corrected chi connectivity index (χ3v) is 2.86. The van der Waals surface area contributed by atoms with Crippen LogP contribution < -0.4 is 0 Å². The number of allylic oxidation sites excluding steroid dienone is 2. The fourth-order valence-electron chi connectivity index (χ4n) is 0.425. The van der Waals surface area contributed by atoms with Gasteiger partial charge in [0.15, 0.2) is 5.12 Å². The van der Waals surface area contributed by atoms with Gasteiger partial charge in [-0.25, -0.2) is 0 Å². The molecule has 0 unspecified atom stereocenters. The second kappa shape index (κ2) is 4.58. The lowest BCUT2D eigenvalue weighted by atomic mass is 10.2. The predicted molar refractivity (Wildman–Crippen MR) is 46.4 cm³/mol. The van der Waals surface area contributed by atoms with E-state index in [1.165, 1.54) is 11.2 Å². The molecule has 0 aromatic carbocycles. The van der Waals surface area contributed by atoms with Gasteiger partial charge in [-0.1, -0.05) is 12.2 Å². The molecule has 0 aromatic rings. The maximum absolute atomic E-state index is 10.8. The molecule has 0 aliphatic carbocycles. The first-order chi connectivity index (χ1) is 4.26. The summed E-state index contributed by atoms with van der Waals surface area (Å²) < 4.78 is 0. The van der Waals surface area contributed by atoms with Gasteiger partial charge in [0.2, 0.25) is 0 Å². The summed E-state index contributed by atoms with van der Waals surface area (Å²) in [6, 6.07) is 0. The minimum absolute atomic E-state index is 0.146. The summed E-state index contributed by atoms with van der Waals surface area (Å²) in [7, 11) is 0.851. The highest BCUT2D eigenvalue weighted by atomic mass is 32.4. The van der Waals surface area contributed by atoms with Gasteiger partial charge in [0.05, 0.1) is 15.3 Å². The molecule has 1 nitrogen and oxygen atoms in total. The van der Waals surface area contributed by atoms with E-state index in [-0.39, 0.29) is 11.0 Å². The topological polar surface area (TPSA) is 17.1 Å². The molecule has 0 fully saturated rings. The van der Waals surface area contributed by atoms with Crippen molar-refractivity contribution < 1.29 is 4.79 Å². The predicted octanol–water partition coefficient (Wildman–Crippen LogP) is 0.515. The Kier molecular flexibility index (Phi) is 4.44. The lowest BCUT2D eigenvalue weighted by Gasteiger charge is -1.99. The number of carbonyl (C=O) groups is 1. The summed E-state index contributed by atoms with van der Waals surface area (Å²) in [5, 5.41) is 0.159. The summed E-state index contributed by atoms with van der Waals surface area (Å²) in [4.78, 5) is 10.8. The van der Waals surface area contributed by atoms with Crippen LogP contribution in [0.15, 0.2) is 25.3 Å². The molecule has 0 heterocycles. The Morgan fingerprint density at radius 1 is 1.56 bits per heavy atom. The minimum atomic E-state index is -0.146. The van der Waals surface area contributed by atoms with Gasteiger partial charge in [-0.15, -0.1) is 24.4 Å². The first-order valence-electron chi connectivity index (χ1n) is 2.59. The Hall–Kier alpha value is -0.283. The number of hydrogen-bond acceptors (Lipinski definition) is 2. The summed E-state index contributed by atoms with van der Waals surface area (Å²) in [5.74, 6) is -0.146. The summed E-state index contributed by atoms with van der Waals surface area (Å²) >= 11 is 1.34. The van der Waals surface area contributed by atoms with Crippen LogP contribution in [-0.2, 0) is 4.79 Å². The molecular weight excluding hydrogens is 148 g/mol. The largest absolute Gasteiger partial charge is 0.287 e. The van der Waals surface area contributed by atoms with Gasteiger partial charge in [0.25, 0.3) is 0 Å². The highest BCUT2D eigenvalue weighted by Crippen LogP contribution is 2.08. The van der Waals surface area contributed by atoms with Crippen molar-refractivity contribution in [2.75, 3.05) is 0 Å². The molecule has 0 aliphatic rings. The molecule has 0 amide bonds. The van der Waals surface area contributed by atoms with E-state index in [1.807, 2.05) is 0 Å². The molecule has 0 aromatic heterocycles. The average molecular weight is 158 g/mol. The van der Waals surface area contributed by atoms with E-state index >= 15 is 0 Å². The molecule has 0 saturated carbocycles. The molecule has 0 rings (SSSR count). The van der Waals surface area contributed by atoms with Crippen molar-refractivity contribution >= 4 is 25.7 Å². The van der Waals surface area contributed by atoms with Gasteiger partial charge < -0.3 is 0 Å². The third kappa shape index (κ3) is 2.67. The van der Waals surface area contributed by atoms with Gasteiger partial charge in [0.1, 0.15) is 0 Å². The maximum Gasteiger partial charge on any atom is 0.192 e. The third-order valence-electron chi connectivity index (χ3n) is 0.981. The van der Waals surface area contributed by atoms with Crippen LogP contribution in [0.1, 0.15) is 0 Å². The van der Waals surface area contributed by atoms with Gasteiger partial charge in [0, 0.05) is 0 Å². The van der Waals surface area contributed by atoms with Crippen molar-refractivity contribution in [2.24, 2.45) is 5.92 Å². The molecule has 0 aliphatic heterocycles. The Bertz CT molecular complexity index is 125. The zero-order valence-corrected chi connectivity index (χ0v) is 8.28. The van der Waals surface area contributed by atoms with Gasteiger partial charge >= 0.3 is 0 Å². The average Bonchev–Trinajstić information content (AvgIpc) is 1.90. The molecule has 0 spiro atoms. The number of hydrogen-bond donors (Lipinski definition) is 0. The summed E-state index contributed by atoms with van der Waals surface area (Å²) in [5.41, 5.74) is 0. The van der Waals surface area contributed by atoms with E-state index in [4.69, 9.17) is 0 Å². The normalized spacial score (nSPS) is 9.44. The summed E-state index contributed by atoms with van der Waals surface area (Å²) in [6.07, 6.45) is 3.22. The van der Waals surface area contributed by atoms with Crippen LogP contribution in [0.3, 0.4) is 0 Å². The Balaban J connectivity index is 3.93. The van der Waals surface area contributed by atoms with Crippen LogP contribution in [0, 0.1) is 5.92 Å². The van der Waals surface area contributed by atoms with E-state index < -0.39 is 0 Å². The minimum Gasteiger partial charge on any atom is -0.287 e. The monoisotopic (exact) mass is 158 g/mol. The first kappa shape index (κ1) is 8.72. The molecule has 0 N–H and O–H groups in total. The lowest BCUT2D eigenvalue weighted by Crippen LogP contribution is -2.03. The highest BCUT2D eigenvalue weighted by molar-refractivity contribution is 8.31. The van der Waals surface area contributed by atoms with Gasteiger partial charge in [-0.3, -0.25) is 4.79 Å². The van der Waals surface area contributed by atoms with Crippen LogP contribution in [-0.4, -0.2) is 14.5 Å². The Labute approximate surface area is 62.3 Å². The Morgan fingerprint density at radius 2 is 2.00 bits per heavy atom. The van der Waals surface area contributed by atoms with Crippen molar-refractivity contribution in [3.05, 3.63) is 25.3 Å². The van der Waals surface area contributed by atoms with E-state index in [0.29, 0.717) is 0 Å². The molecule has 0 bridgehead atoms. The maximum atomic E-state index is 10.8. The van der Waals surface area contributed by atoms with Crippen molar-refractivity contribution in [1.29, 1.82) is 0 Å². The van der Waals surface area contributed by atoms with Crippen LogP contribution in [0.25, 0.3) is 0 Å². The smallest absolute Gasteiger partial charge is 0.192 e. The van der Waals surface area contributed by atoms with Crippen LogP contribution in [0.2, 0.25) is 0 Å². The fraction of sp³-hybridized carbons (Fsp3) is 0.167. The zero-order valence-electron chi connectivity index (χ0n) is 5.46. The van der Waals surface area contributed by atoms with Crippen LogP contribution in [0.5, 0.6) is 0 Å². The number of rotatable bonds is 3. The molecule has 0 radical (unpaired) electrons. The SMILES string of the molecule is C=CC(C=C)C(=O)S[SiH3]. The fourth-order valence-corrected chi connectivity index (χ4v) is 1.71. The van der Waals surface area contributed by atoms with E-state index in [1.54, 1.807) is 12.2 Å². The standard InChI is InChI=1S/C6H10OSSi/c1-3-5(4-2)6(7)8-9/h3-5H,1-2H2,9H3. The molecule has 9 heavy (non-hydrogen) atoms. The van der Waals surface area contributed by atoms with Gasteiger partial charge in [-0.05, 0) is 0 Å². The Morgan fingerprint density at radius 3 is 2.11 bits per heavy atom. The molecule has 3 heteroatoms. The summed E-state index contributed by atoms with van der Waals surface area (Å²) in [6.45, 7) is 7.02. The molecule has 0 saturated heterocycles. The van der Waals surface area contributed by atoms with Gasteiger partial charge in [-0.2, -0.15) is 0 Å². The second-order valence-corrected chi connectivity index (χ2v) is 3.56. The van der Waals surface area contributed by atoms with E-state index in [2.05, 4.69) is 13.2 Å². The van der Waals surface area contributed by atoms with E-state index in [0.717, 1.165) is 9.39 Å². The molecule has 50 valence electrons. The zero-order chi connectivity index (χ0) is 7.28. The number of carbonyl (C=O) groups excluding carboxylic acids is 1. The van der Waals surface area contributed by atoms with Crippen LogP contribution in [0.4, 0.5) is 0 Å². The molecular formula is C6H10OSSi. The van der Waals surface area contributed by atoms with Crippen LogP contribution >= 0.6 is 11.2 Å². The highest BCUT2D eigenvalue weighted by Gasteiger charge is 2.06.